The van der Waals surface area contributed by atoms with Gasteiger partial charge in [0.1, 0.15) is 17.3 Å². The third-order valence-corrected chi connectivity index (χ3v) is 5.10. The van der Waals surface area contributed by atoms with Gasteiger partial charge < -0.3 is 14.6 Å². The number of halogens is 1. The number of furan rings is 1. The predicted octanol–water partition coefficient (Wildman–Crippen LogP) is 3.72. The molecule has 1 aromatic carbocycles. The number of carbonyl (C=O) groups excluding carboxylic acids is 1. The van der Waals surface area contributed by atoms with Crippen LogP contribution in [0.2, 0.25) is 0 Å². The van der Waals surface area contributed by atoms with Gasteiger partial charge in [-0.25, -0.2) is 14.4 Å². The van der Waals surface area contributed by atoms with Crippen LogP contribution in [-0.4, -0.2) is 29.0 Å². The maximum Gasteiger partial charge on any atom is 0.225 e. The van der Waals surface area contributed by atoms with Gasteiger partial charge in [-0.05, 0) is 49.6 Å². The SMILES string of the molecule is Cc1ccc(CNC(=O)C2CCCN(c3ncc(-c4cccc(F)c4)cn3)C2)o1. The van der Waals surface area contributed by atoms with E-state index in [1.165, 1.54) is 12.1 Å². The van der Waals surface area contributed by atoms with Crippen LogP contribution in [0.3, 0.4) is 0 Å². The van der Waals surface area contributed by atoms with Crippen molar-refractivity contribution < 1.29 is 13.6 Å². The van der Waals surface area contributed by atoms with Crippen molar-refractivity contribution >= 4 is 11.9 Å². The molecule has 4 rings (SSSR count). The van der Waals surface area contributed by atoms with Gasteiger partial charge in [0.2, 0.25) is 11.9 Å². The monoisotopic (exact) mass is 394 g/mol. The highest BCUT2D eigenvalue weighted by atomic mass is 19.1. The molecule has 6 nitrogen and oxygen atoms in total. The van der Waals surface area contributed by atoms with Crippen LogP contribution >= 0.6 is 0 Å². The van der Waals surface area contributed by atoms with Crippen LogP contribution in [0.1, 0.15) is 24.4 Å². The molecule has 3 aromatic rings. The number of carbonyl (C=O) groups is 1. The summed E-state index contributed by atoms with van der Waals surface area (Å²) >= 11 is 0. The fourth-order valence-electron chi connectivity index (χ4n) is 3.57. The molecule has 3 heterocycles. The molecule has 0 saturated carbocycles. The third kappa shape index (κ3) is 4.62. The van der Waals surface area contributed by atoms with Crippen LogP contribution in [0, 0.1) is 18.7 Å². The molecule has 0 aliphatic carbocycles. The summed E-state index contributed by atoms with van der Waals surface area (Å²) in [6.07, 6.45) is 5.12. The second-order valence-electron chi connectivity index (χ2n) is 7.30. The van der Waals surface area contributed by atoms with Crippen molar-refractivity contribution in [2.45, 2.75) is 26.3 Å². The van der Waals surface area contributed by atoms with Crippen molar-refractivity contribution in [1.29, 1.82) is 0 Å². The van der Waals surface area contributed by atoms with Gasteiger partial charge in [0.05, 0.1) is 12.5 Å². The van der Waals surface area contributed by atoms with Gasteiger partial charge in [0.15, 0.2) is 0 Å². The summed E-state index contributed by atoms with van der Waals surface area (Å²) in [7, 11) is 0. The van der Waals surface area contributed by atoms with Gasteiger partial charge in [-0.2, -0.15) is 0 Å². The Morgan fingerprint density at radius 3 is 2.79 bits per heavy atom. The number of rotatable bonds is 5. The number of nitrogens with zero attached hydrogens (tertiary/aromatic N) is 3. The van der Waals surface area contributed by atoms with E-state index in [4.69, 9.17) is 4.42 Å². The molecule has 1 aliphatic rings. The van der Waals surface area contributed by atoms with Crippen molar-refractivity contribution in [1.82, 2.24) is 15.3 Å². The quantitative estimate of drug-likeness (QED) is 0.714. The van der Waals surface area contributed by atoms with E-state index in [9.17, 15) is 9.18 Å². The van der Waals surface area contributed by atoms with Gasteiger partial charge in [0, 0.05) is 31.0 Å². The fraction of sp³-hybridized carbons (Fsp3) is 0.318. The summed E-state index contributed by atoms with van der Waals surface area (Å²) in [6, 6.07) is 10.1. The molecule has 150 valence electrons. The van der Waals surface area contributed by atoms with Crippen LogP contribution in [0.25, 0.3) is 11.1 Å². The largest absolute Gasteiger partial charge is 0.465 e. The minimum Gasteiger partial charge on any atom is -0.465 e. The Kier molecular flexibility index (Phi) is 5.55. The average molecular weight is 394 g/mol. The Balaban J connectivity index is 1.38. The highest BCUT2D eigenvalue weighted by Crippen LogP contribution is 2.23. The number of aromatic nitrogens is 2. The highest BCUT2D eigenvalue weighted by Gasteiger charge is 2.27. The molecule has 1 atom stereocenters. The minimum absolute atomic E-state index is 0.0140. The average Bonchev–Trinajstić information content (AvgIpc) is 3.17. The topological polar surface area (TPSA) is 71.3 Å². The second kappa shape index (κ2) is 8.43. The molecular formula is C22H23FN4O2. The Morgan fingerprint density at radius 1 is 1.24 bits per heavy atom. The van der Waals surface area contributed by atoms with E-state index in [0.717, 1.165) is 42.0 Å². The van der Waals surface area contributed by atoms with Gasteiger partial charge in [-0.1, -0.05) is 12.1 Å². The fourth-order valence-corrected chi connectivity index (χ4v) is 3.57. The van der Waals surface area contributed by atoms with E-state index in [1.807, 2.05) is 30.0 Å². The molecular weight excluding hydrogens is 371 g/mol. The van der Waals surface area contributed by atoms with Crippen LogP contribution in [-0.2, 0) is 11.3 Å². The number of anilines is 1. The normalized spacial score (nSPS) is 16.6. The maximum atomic E-state index is 13.4. The van der Waals surface area contributed by atoms with E-state index in [0.29, 0.717) is 19.0 Å². The first-order valence-electron chi connectivity index (χ1n) is 9.74. The zero-order valence-corrected chi connectivity index (χ0v) is 16.3. The molecule has 0 bridgehead atoms. The highest BCUT2D eigenvalue weighted by molar-refractivity contribution is 5.79. The Bertz CT molecular complexity index is 986. The zero-order chi connectivity index (χ0) is 20.2. The van der Waals surface area contributed by atoms with E-state index < -0.39 is 0 Å². The molecule has 29 heavy (non-hydrogen) atoms. The van der Waals surface area contributed by atoms with Crippen molar-refractivity contribution in [3.8, 4) is 11.1 Å². The van der Waals surface area contributed by atoms with E-state index >= 15 is 0 Å². The summed E-state index contributed by atoms with van der Waals surface area (Å²) in [5.41, 5.74) is 1.49. The number of hydrogen-bond acceptors (Lipinski definition) is 5. The molecule has 1 amide bonds. The molecule has 1 N–H and O–H groups in total. The van der Waals surface area contributed by atoms with Gasteiger partial charge in [-0.15, -0.1) is 0 Å². The van der Waals surface area contributed by atoms with Gasteiger partial charge in [0.25, 0.3) is 0 Å². The van der Waals surface area contributed by atoms with Crippen molar-refractivity contribution in [2.75, 3.05) is 18.0 Å². The summed E-state index contributed by atoms with van der Waals surface area (Å²) < 4.78 is 18.9. The lowest BCUT2D eigenvalue weighted by atomic mass is 9.97. The number of hydrogen-bond donors (Lipinski definition) is 1. The smallest absolute Gasteiger partial charge is 0.225 e. The molecule has 2 aromatic heterocycles. The number of benzene rings is 1. The molecule has 0 radical (unpaired) electrons. The van der Waals surface area contributed by atoms with E-state index in [-0.39, 0.29) is 17.6 Å². The number of piperidine rings is 1. The first-order chi connectivity index (χ1) is 14.1. The van der Waals surface area contributed by atoms with E-state index in [1.54, 1.807) is 18.5 Å². The third-order valence-electron chi connectivity index (χ3n) is 5.10. The summed E-state index contributed by atoms with van der Waals surface area (Å²) in [4.78, 5) is 23.5. The molecule has 0 spiro atoms. The molecule has 1 saturated heterocycles. The summed E-state index contributed by atoms with van der Waals surface area (Å²) in [5.74, 6) is 1.77. The first kappa shape index (κ1) is 19.1. The summed E-state index contributed by atoms with van der Waals surface area (Å²) in [6.45, 7) is 3.65. The van der Waals surface area contributed by atoms with Crippen molar-refractivity contribution in [3.05, 3.63) is 66.1 Å². The Hall–Kier alpha value is -3.22. The van der Waals surface area contributed by atoms with Gasteiger partial charge >= 0.3 is 0 Å². The van der Waals surface area contributed by atoms with Gasteiger partial charge in [-0.3, -0.25) is 4.79 Å². The van der Waals surface area contributed by atoms with Crippen LogP contribution in [0.5, 0.6) is 0 Å². The standard InChI is InChI=1S/C22H23FN4O2/c1-15-7-8-20(29-15)13-24-21(28)17-5-3-9-27(14-17)22-25-11-18(12-26-22)16-4-2-6-19(23)10-16/h2,4,6-8,10-12,17H,3,5,9,13-14H2,1H3,(H,24,28). The van der Waals surface area contributed by atoms with Crippen LogP contribution < -0.4 is 10.2 Å². The molecule has 1 unspecified atom stereocenters. The lowest BCUT2D eigenvalue weighted by molar-refractivity contribution is -0.125. The first-order valence-corrected chi connectivity index (χ1v) is 9.74. The maximum absolute atomic E-state index is 13.4. The molecule has 1 fully saturated rings. The Labute approximate surface area is 168 Å². The molecule has 1 aliphatic heterocycles. The van der Waals surface area contributed by atoms with Crippen molar-refractivity contribution in [2.24, 2.45) is 5.92 Å². The number of amides is 1. The number of nitrogens with one attached hydrogen (secondary N) is 1. The molecule has 7 heteroatoms. The van der Waals surface area contributed by atoms with Crippen LogP contribution in [0.15, 0.2) is 53.2 Å². The zero-order valence-electron chi connectivity index (χ0n) is 16.3. The summed E-state index contributed by atoms with van der Waals surface area (Å²) in [5, 5.41) is 2.95. The van der Waals surface area contributed by atoms with Crippen molar-refractivity contribution in [3.63, 3.8) is 0 Å². The van der Waals surface area contributed by atoms with E-state index in [2.05, 4.69) is 15.3 Å². The minimum atomic E-state index is -0.291. The lowest BCUT2D eigenvalue weighted by Gasteiger charge is -2.32. The van der Waals surface area contributed by atoms with Crippen LogP contribution in [0.4, 0.5) is 10.3 Å². The second-order valence-corrected chi connectivity index (χ2v) is 7.30. The Morgan fingerprint density at radius 2 is 2.07 bits per heavy atom. The predicted molar refractivity (Wildman–Crippen MR) is 108 cm³/mol. The lowest BCUT2D eigenvalue weighted by Crippen LogP contribution is -2.43. The number of aryl methyl sites for hydroxylation is 1.